The number of sulfonamides is 1. The predicted octanol–water partition coefficient (Wildman–Crippen LogP) is 2.25. The van der Waals surface area contributed by atoms with Crippen LogP contribution < -0.4 is 10.0 Å². The number of hydrogen-bond acceptors (Lipinski definition) is 4. The Morgan fingerprint density at radius 1 is 1.00 bits per heavy atom. The molecule has 1 rings (SSSR count). The van der Waals surface area contributed by atoms with Crippen LogP contribution in [0, 0.1) is 0 Å². The van der Waals surface area contributed by atoms with Crippen LogP contribution in [0.3, 0.4) is 0 Å². The quantitative estimate of drug-likeness (QED) is 0.471. The second kappa shape index (κ2) is 10.2. The van der Waals surface area contributed by atoms with Gasteiger partial charge < -0.3 is 5.32 Å². The number of rotatable bonds is 11. The van der Waals surface area contributed by atoms with Gasteiger partial charge in [-0.2, -0.15) is 0 Å². The van der Waals surface area contributed by atoms with Crippen molar-refractivity contribution in [1.82, 2.24) is 10.0 Å². The standard InChI is InChI=1S/C17H26N2O4S/c1-3-4-5-6-12-18-17(21)11-13-19-24(22,23)16-9-7-15(8-10-16)14(2)20/h7-10,19H,3-6,11-13H2,1-2H3,(H,18,21). The molecule has 24 heavy (non-hydrogen) atoms. The van der Waals surface area contributed by atoms with Crippen LogP contribution in [0.1, 0.15) is 56.3 Å². The van der Waals surface area contributed by atoms with Gasteiger partial charge >= 0.3 is 0 Å². The monoisotopic (exact) mass is 354 g/mol. The van der Waals surface area contributed by atoms with Crippen molar-refractivity contribution in [2.75, 3.05) is 13.1 Å². The van der Waals surface area contributed by atoms with Crippen molar-refractivity contribution in [3.63, 3.8) is 0 Å². The van der Waals surface area contributed by atoms with E-state index in [2.05, 4.69) is 17.0 Å². The maximum absolute atomic E-state index is 12.1. The molecule has 0 heterocycles. The Balaban J connectivity index is 2.37. The largest absolute Gasteiger partial charge is 0.356 e. The third-order valence-electron chi connectivity index (χ3n) is 3.57. The van der Waals surface area contributed by atoms with Gasteiger partial charge in [0, 0.05) is 25.1 Å². The highest BCUT2D eigenvalue weighted by molar-refractivity contribution is 7.89. The van der Waals surface area contributed by atoms with Crippen LogP contribution in [0.25, 0.3) is 0 Å². The molecule has 1 amide bonds. The third-order valence-corrected chi connectivity index (χ3v) is 5.04. The van der Waals surface area contributed by atoms with E-state index in [0.717, 1.165) is 25.7 Å². The molecule has 0 unspecified atom stereocenters. The minimum atomic E-state index is -3.67. The molecule has 0 aliphatic carbocycles. The summed E-state index contributed by atoms with van der Waals surface area (Å²) >= 11 is 0. The second-order valence-corrected chi connectivity index (χ2v) is 7.41. The molecule has 0 aliphatic heterocycles. The Labute approximate surface area is 144 Å². The molecule has 1 aromatic carbocycles. The highest BCUT2D eigenvalue weighted by Gasteiger charge is 2.14. The van der Waals surface area contributed by atoms with E-state index < -0.39 is 10.0 Å². The fourth-order valence-corrected chi connectivity index (χ4v) is 3.15. The molecule has 0 saturated heterocycles. The van der Waals surface area contributed by atoms with Crippen LogP contribution in [-0.4, -0.2) is 33.2 Å². The zero-order valence-corrected chi connectivity index (χ0v) is 15.1. The highest BCUT2D eigenvalue weighted by atomic mass is 32.2. The molecular formula is C17H26N2O4S. The Morgan fingerprint density at radius 3 is 2.25 bits per heavy atom. The molecule has 7 heteroatoms. The van der Waals surface area contributed by atoms with Gasteiger partial charge in [-0.15, -0.1) is 0 Å². The molecule has 0 spiro atoms. The molecule has 0 saturated carbocycles. The van der Waals surface area contributed by atoms with Gasteiger partial charge in [-0.3, -0.25) is 9.59 Å². The van der Waals surface area contributed by atoms with E-state index in [1.54, 1.807) is 0 Å². The minimum Gasteiger partial charge on any atom is -0.356 e. The normalized spacial score (nSPS) is 11.2. The average Bonchev–Trinajstić information content (AvgIpc) is 2.54. The van der Waals surface area contributed by atoms with Crippen molar-refractivity contribution >= 4 is 21.7 Å². The number of nitrogens with one attached hydrogen (secondary N) is 2. The van der Waals surface area contributed by atoms with Crippen LogP contribution >= 0.6 is 0 Å². The molecule has 0 fully saturated rings. The first-order chi connectivity index (χ1) is 11.4. The molecule has 6 nitrogen and oxygen atoms in total. The summed E-state index contributed by atoms with van der Waals surface area (Å²) in [6.07, 6.45) is 4.41. The molecule has 0 atom stereocenters. The van der Waals surface area contributed by atoms with Gasteiger partial charge in [0.25, 0.3) is 0 Å². The fourth-order valence-electron chi connectivity index (χ4n) is 2.12. The Kier molecular flexibility index (Phi) is 8.63. The molecule has 1 aromatic rings. The number of Topliss-reactive ketones (excluding diaryl/α,β-unsaturated/α-hetero) is 1. The molecule has 2 N–H and O–H groups in total. The number of amides is 1. The maximum Gasteiger partial charge on any atom is 0.240 e. The van der Waals surface area contributed by atoms with Gasteiger partial charge in [0.15, 0.2) is 5.78 Å². The van der Waals surface area contributed by atoms with Crippen molar-refractivity contribution in [2.45, 2.75) is 50.8 Å². The van der Waals surface area contributed by atoms with Crippen LogP contribution in [-0.2, 0) is 14.8 Å². The lowest BCUT2D eigenvalue weighted by Crippen LogP contribution is -2.31. The van der Waals surface area contributed by atoms with E-state index in [1.165, 1.54) is 31.2 Å². The summed E-state index contributed by atoms with van der Waals surface area (Å²) < 4.78 is 26.6. The number of carbonyl (C=O) groups excluding carboxylic acids is 2. The van der Waals surface area contributed by atoms with Crippen molar-refractivity contribution in [3.05, 3.63) is 29.8 Å². The number of hydrogen-bond donors (Lipinski definition) is 2. The first-order valence-corrected chi connectivity index (χ1v) is 9.72. The second-order valence-electron chi connectivity index (χ2n) is 5.64. The van der Waals surface area contributed by atoms with E-state index in [9.17, 15) is 18.0 Å². The Morgan fingerprint density at radius 2 is 1.67 bits per heavy atom. The lowest BCUT2D eigenvalue weighted by atomic mass is 10.2. The van der Waals surface area contributed by atoms with Gasteiger partial charge in [-0.05, 0) is 25.5 Å². The summed E-state index contributed by atoms with van der Waals surface area (Å²) in [4.78, 5) is 22.9. The zero-order chi connectivity index (χ0) is 18.0. The number of carbonyl (C=O) groups is 2. The SMILES string of the molecule is CCCCCCNC(=O)CCNS(=O)(=O)c1ccc(C(C)=O)cc1. The van der Waals surface area contributed by atoms with Crippen LogP contribution in [0.5, 0.6) is 0 Å². The zero-order valence-electron chi connectivity index (χ0n) is 14.3. The first kappa shape index (κ1) is 20.3. The van der Waals surface area contributed by atoms with Crippen molar-refractivity contribution < 1.29 is 18.0 Å². The third kappa shape index (κ3) is 7.23. The molecule has 134 valence electrons. The summed E-state index contributed by atoms with van der Waals surface area (Å²) in [5.74, 6) is -0.288. The van der Waals surface area contributed by atoms with Crippen molar-refractivity contribution in [2.24, 2.45) is 0 Å². The summed E-state index contributed by atoms with van der Waals surface area (Å²) in [5, 5.41) is 2.78. The fraction of sp³-hybridized carbons (Fsp3) is 0.529. The predicted molar refractivity (Wildman–Crippen MR) is 93.4 cm³/mol. The van der Waals surface area contributed by atoms with E-state index in [4.69, 9.17) is 0 Å². The topological polar surface area (TPSA) is 92.3 Å². The van der Waals surface area contributed by atoms with Gasteiger partial charge in [-0.1, -0.05) is 38.3 Å². The van der Waals surface area contributed by atoms with Gasteiger partial charge in [0.2, 0.25) is 15.9 Å². The van der Waals surface area contributed by atoms with Crippen LogP contribution in [0.4, 0.5) is 0 Å². The number of benzene rings is 1. The molecule has 0 aliphatic rings. The lowest BCUT2D eigenvalue weighted by Gasteiger charge is -2.08. The summed E-state index contributed by atoms with van der Waals surface area (Å²) in [7, 11) is -3.67. The smallest absolute Gasteiger partial charge is 0.240 e. The summed E-state index contributed by atoms with van der Waals surface area (Å²) in [6.45, 7) is 4.21. The Hall–Kier alpha value is -1.73. The summed E-state index contributed by atoms with van der Waals surface area (Å²) in [6, 6.07) is 5.71. The Bertz CT molecular complexity index is 639. The van der Waals surface area contributed by atoms with Gasteiger partial charge in [0.1, 0.15) is 0 Å². The van der Waals surface area contributed by atoms with E-state index >= 15 is 0 Å². The van der Waals surface area contributed by atoms with E-state index in [1.807, 2.05) is 0 Å². The molecular weight excluding hydrogens is 328 g/mol. The minimum absolute atomic E-state index is 0.0393. The van der Waals surface area contributed by atoms with Gasteiger partial charge in [-0.25, -0.2) is 13.1 Å². The summed E-state index contributed by atoms with van der Waals surface area (Å²) in [5.41, 5.74) is 0.455. The maximum atomic E-state index is 12.1. The number of unbranched alkanes of at least 4 members (excludes halogenated alkanes) is 3. The highest BCUT2D eigenvalue weighted by Crippen LogP contribution is 2.10. The molecule has 0 radical (unpaired) electrons. The van der Waals surface area contributed by atoms with E-state index in [0.29, 0.717) is 12.1 Å². The lowest BCUT2D eigenvalue weighted by molar-refractivity contribution is -0.120. The molecule has 0 bridgehead atoms. The van der Waals surface area contributed by atoms with E-state index in [-0.39, 0.29) is 29.6 Å². The average molecular weight is 354 g/mol. The van der Waals surface area contributed by atoms with Gasteiger partial charge in [0.05, 0.1) is 4.90 Å². The molecule has 0 aromatic heterocycles. The number of ketones is 1. The van der Waals surface area contributed by atoms with Crippen molar-refractivity contribution in [1.29, 1.82) is 0 Å². The van der Waals surface area contributed by atoms with Crippen LogP contribution in [0.15, 0.2) is 29.2 Å². The van der Waals surface area contributed by atoms with Crippen LogP contribution in [0.2, 0.25) is 0 Å². The van der Waals surface area contributed by atoms with Crippen molar-refractivity contribution in [3.8, 4) is 0 Å². The first-order valence-electron chi connectivity index (χ1n) is 8.24.